The van der Waals surface area contributed by atoms with Crippen molar-refractivity contribution in [2.75, 3.05) is 18.1 Å². The molecule has 2 aliphatic rings. The molecule has 0 radical (unpaired) electrons. The van der Waals surface area contributed by atoms with E-state index in [1.165, 1.54) is 4.31 Å². The van der Waals surface area contributed by atoms with E-state index >= 15 is 0 Å². The first-order chi connectivity index (χ1) is 17.4. The third-order valence-corrected chi connectivity index (χ3v) is 8.83. The molecule has 2 aliphatic heterocycles. The molecule has 0 fully saturated rings. The van der Waals surface area contributed by atoms with Crippen LogP contribution in [0, 0.1) is 0 Å². The second-order valence-electron chi connectivity index (χ2n) is 9.20. The average molecular weight is 505 g/mol. The molecule has 2 atom stereocenters. The van der Waals surface area contributed by atoms with Crippen molar-refractivity contribution in [3.8, 4) is 0 Å². The monoisotopic (exact) mass is 504 g/mol. The maximum atomic E-state index is 13.5. The van der Waals surface area contributed by atoms with E-state index in [-0.39, 0.29) is 29.8 Å². The van der Waals surface area contributed by atoms with Gasteiger partial charge in [-0.3, -0.25) is 9.59 Å². The minimum absolute atomic E-state index is 0.0228. The molecule has 36 heavy (non-hydrogen) atoms. The predicted molar refractivity (Wildman–Crippen MR) is 136 cm³/mol. The van der Waals surface area contributed by atoms with Crippen molar-refractivity contribution in [2.45, 2.75) is 43.2 Å². The zero-order valence-corrected chi connectivity index (χ0v) is 20.9. The smallest absolute Gasteiger partial charge is 0.308 e. The van der Waals surface area contributed by atoms with Crippen molar-refractivity contribution in [2.24, 2.45) is 0 Å². The maximum Gasteiger partial charge on any atom is 0.308 e. The number of nitrogens with zero attached hydrogens (tertiary/aromatic N) is 2. The molecule has 186 valence electrons. The van der Waals surface area contributed by atoms with Crippen molar-refractivity contribution in [1.29, 1.82) is 0 Å². The van der Waals surface area contributed by atoms with Crippen molar-refractivity contribution in [3.05, 3.63) is 95.6 Å². The number of esters is 1. The van der Waals surface area contributed by atoms with Crippen molar-refractivity contribution in [1.82, 2.24) is 4.31 Å². The van der Waals surface area contributed by atoms with Gasteiger partial charge in [0, 0.05) is 18.3 Å². The number of amides is 1. The summed E-state index contributed by atoms with van der Waals surface area (Å²) in [5.41, 5.74) is 3.72. The van der Waals surface area contributed by atoms with Crippen LogP contribution in [-0.2, 0) is 37.2 Å². The van der Waals surface area contributed by atoms with Crippen LogP contribution in [0.2, 0.25) is 0 Å². The second kappa shape index (κ2) is 9.87. The number of rotatable bonds is 6. The third-order valence-electron chi connectivity index (χ3n) is 6.91. The summed E-state index contributed by atoms with van der Waals surface area (Å²) < 4.78 is 33.8. The zero-order chi connectivity index (χ0) is 25.3. The zero-order valence-electron chi connectivity index (χ0n) is 20.0. The number of ether oxygens (including phenoxy) is 1. The molecule has 7 nitrogen and oxygen atoms in total. The van der Waals surface area contributed by atoms with Gasteiger partial charge in [-0.05, 0) is 54.7 Å². The minimum atomic E-state index is -3.83. The van der Waals surface area contributed by atoms with Gasteiger partial charge < -0.3 is 9.64 Å². The van der Waals surface area contributed by atoms with Crippen molar-refractivity contribution < 1.29 is 22.7 Å². The Balaban J connectivity index is 1.33. The van der Waals surface area contributed by atoms with Crippen LogP contribution in [-0.4, -0.2) is 43.8 Å². The first-order valence-electron chi connectivity index (χ1n) is 12.1. The fourth-order valence-electron chi connectivity index (χ4n) is 5.23. The summed E-state index contributed by atoms with van der Waals surface area (Å²) in [6.07, 6.45) is 1.13. The molecule has 5 rings (SSSR count). The SMILES string of the molecule is C[C@H]1Cc2ccccc2N1C(=O)COC(=O)C[C@H]1c2ccccc2CCN1S(=O)(=O)c1ccccc1. The van der Waals surface area contributed by atoms with E-state index in [1.54, 1.807) is 35.2 Å². The lowest BCUT2D eigenvalue weighted by molar-refractivity contribution is -0.148. The molecule has 1 amide bonds. The molecule has 3 aromatic carbocycles. The van der Waals surface area contributed by atoms with Crippen LogP contribution in [0.4, 0.5) is 5.69 Å². The van der Waals surface area contributed by atoms with Crippen LogP contribution in [0.3, 0.4) is 0 Å². The largest absolute Gasteiger partial charge is 0.455 e. The third kappa shape index (κ3) is 4.54. The van der Waals surface area contributed by atoms with E-state index in [4.69, 9.17) is 4.74 Å². The van der Waals surface area contributed by atoms with Gasteiger partial charge in [-0.25, -0.2) is 8.42 Å². The number of hydrogen-bond acceptors (Lipinski definition) is 5. The maximum absolute atomic E-state index is 13.5. The summed E-state index contributed by atoms with van der Waals surface area (Å²) in [5.74, 6) is -0.906. The van der Waals surface area contributed by atoms with Gasteiger partial charge in [-0.15, -0.1) is 0 Å². The Bertz CT molecular complexity index is 1390. The highest BCUT2D eigenvalue weighted by Gasteiger charge is 2.38. The second-order valence-corrected chi connectivity index (χ2v) is 11.1. The predicted octanol–water partition coefficient (Wildman–Crippen LogP) is 3.89. The Morgan fingerprint density at radius 3 is 2.36 bits per heavy atom. The molecule has 0 spiro atoms. The quantitative estimate of drug-likeness (QED) is 0.476. The summed E-state index contributed by atoms with van der Waals surface area (Å²) in [7, 11) is -3.83. The standard InChI is InChI=1S/C28H28N2O5S/c1-20-17-22-10-6-8-14-25(22)30(20)27(31)19-35-28(32)18-26-24-13-7-5-9-21(24)15-16-29(26)36(33,34)23-11-3-2-4-12-23/h2-14,20,26H,15-19H2,1H3/t20-,26-/m0/s1. The lowest BCUT2D eigenvalue weighted by atomic mass is 9.92. The molecule has 0 N–H and O–H groups in total. The van der Waals surface area contributed by atoms with E-state index in [2.05, 4.69) is 0 Å². The number of hydrogen-bond donors (Lipinski definition) is 0. The summed E-state index contributed by atoms with van der Waals surface area (Å²) >= 11 is 0. The van der Waals surface area contributed by atoms with Gasteiger partial charge in [0.2, 0.25) is 10.0 Å². The Hall–Kier alpha value is -3.49. The Kier molecular flexibility index (Phi) is 6.64. The summed E-state index contributed by atoms with van der Waals surface area (Å²) in [6.45, 7) is 1.83. The van der Waals surface area contributed by atoms with Crippen LogP contribution >= 0.6 is 0 Å². The van der Waals surface area contributed by atoms with Crippen molar-refractivity contribution >= 4 is 27.6 Å². The molecule has 8 heteroatoms. The lowest BCUT2D eigenvalue weighted by Gasteiger charge is -2.36. The Morgan fingerprint density at radius 1 is 0.917 bits per heavy atom. The summed E-state index contributed by atoms with van der Waals surface area (Å²) in [4.78, 5) is 27.8. The summed E-state index contributed by atoms with van der Waals surface area (Å²) in [5, 5.41) is 0. The molecule has 0 bridgehead atoms. The Morgan fingerprint density at radius 2 is 1.58 bits per heavy atom. The fourth-order valence-corrected chi connectivity index (χ4v) is 6.86. The van der Waals surface area contributed by atoms with Gasteiger partial charge >= 0.3 is 5.97 Å². The highest BCUT2D eigenvalue weighted by molar-refractivity contribution is 7.89. The molecule has 3 aromatic rings. The van der Waals surface area contributed by atoms with Gasteiger partial charge in [0.1, 0.15) is 0 Å². The number of fused-ring (bicyclic) bond motifs is 2. The molecule has 0 saturated carbocycles. The molecular weight excluding hydrogens is 476 g/mol. The number of sulfonamides is 1. The first-order valence-corrected chi connectivity index (χ1v) is 13.5. The van der Waals surface area contributed by atoms with Gasteiger partial charge in [-0.2, -0.15) is 4.31 Å². The van der Waals surface area contributed by atoms with Gasteiger partial charge in [0.15, 0.2) is 6.61 Å². The van der Waals surface area contributed by atoms with E-state index in [0.717, 1.165) is 28.8 Å². The first kappa shape index (κ1) is 24.2. The number of benzene rings is 3. The minimum Gasteiger partial charge on any atom is -0.455 e. The van der Waals surface area contributed by atoms with Crippen molar-refractivity contribution in [3.63, 3.8) is 0 Å². The van der Waals surface area contributed by atoms with Crippen LogP contribution in [0.25, 0.3) is 0 Å². The molecule has 2 heterocycles. The van der Waals surface area contributed by atoms with Gasteiger partial charge in [-0.1, -0.05) is 60.7 Å². The topological polar surface area (TPSA) is 84.0 Å². The van der Waals surface area contributed by atoms with E-state index in [9.17, 15) is 18.0 Å². The lowest BCUT2D eigenvalue weighted by Crippen LogP contribution is -2.41. The van der Waals surface area contributed by atoms with E-state index < -0.39 is 28.6 Å². The molecule has 0 aliphatic carbocycles. The number of carbonyl (C=O) groups excluding carboxylic acids is 2. The number of para-hydroxylation sites is 1. The number of carbonyl (C=O) groups is 2. The molecule has 0 aromatic heterocycles. The van der Waals surface area contributed by atoms with Crippen LogP contribution in [0.5, 0.6) is 0 Å². The van der Waals surface area contributed by atoms with Gasteiger partial charge in [0.05, 0.1) is 17.4 Å². The van der Waals surface area contributed by atoms with Gasteiger partial charge in [0.25, 0.3) is 5.91 Å². The van der Waals surface area contributed by atoms with E-state index in [1.807, 2.05) is 55.5 Å². The fraction of sp³-hybridized carbons (Fsp3) is 0.286. The van der Waals surface area contributed by atoms with E-state index in [0.29, 0.717) is 6.42 Å². The highest BCUT2D eigenvalue weighted by Crippen LogP contribution is 2.37. The molecule has 0 unspecified atom stereocenters. The molecule has 0 saturated heterocycles. The highest BCUT2D eigenvalue weighted by atomic mass is 32.2. The molecular formula is C28H28N2O5S. The normalized spacial score (nSPS) is 19.4. The number of anilines is 1. The van der Waals surface area contributed by atoms with Crippen LogP contribution in [0.15, 0.2) is 83.8 Å². The van der Waals surface area contributed by atoms with Crippen LogP contribution in [0.1, 0.15) is 36.1 Å². The average Bonchev–Trinajstić information content (AvgIpc) is 3.23. The van der Waals surface area contributed by atoms with Crippen LogP contribution < -0.4 is 4.90 Å². The summed E-state index contributed by atoms with van der Waals surface area (Å²) in [6, 6.07) is 22.7. The Labute approximate surface area is 211 Å².